The van der Waals surface area contributed by atoms with Crippen molar-refractivity contribution in [3.8, 4) is 11.5 Å². The topological polar surface area (TPSA) is 100 Å². The quantitative estimate of drug-likeness (QED) is 0.139. The molecule has 0 aliphatic carbocycles. The van der Waals surface area contributed by atoms with Gasteiger partial charge in [0.25, 0.3) is 0 Å². The molecule has 1 aromatic heterocycles. The van der Waals surface area contributed by atoms with Gasteiger partial charge in [-0.05, 0) is 47.5 Å². The number of nitrogens with zero attached hydrogens (tertiary/aromatic N) is 1. The highest BCUT2D eigenvalue weighted by Crippen LogP contribution is 2.35. The summed E-state index contributed by atoms with van der Waals surface area (Å²) in [7, 11) is -0.896. The minimum atomic E-state index is -3.78. The Morgan fingerprint density at radius 1 is 0.881 bits per heavy atom. The predicted octanol–water partition coefficient (Wildman–Crippen LogP) is 5.98. The minimum absolute atomic E-state index is 0. The third-order valence-electron chi connectivity index (χ3n) is 6.58. The first-order valence-corrected chi connectivity index (χ1v) is 15.5. The van der Waals surface area contributed by atoms with Crippen molar-refractivity contribution in [3.63, 3.8) is 0 Å². The van der Waals surface area contributed by atoms with E-state index >= 15 is 0 Å². The van der Waals surface area contributed by atoms with Crippen molar-refractivity contribution in [1.82, 2.24) is 9.62 Å². The number of fused-ring (bicyclic) bond motifs is 3. The Balaban J connectivity index is 0.00000405. The van der Waals surface area contributed by atoms with Crippen molar-refractivity contribution in [1.29, 1.82) is 0 Å². The van der Waals surface area contributed by atoms with Gasteiger partial charge in [-0.15, -0.1) is 23.7 Å². The Hall–Kier alpha value is -3.38. The zero-order valence-corrected chi connectivity index (χ0v) is 25.8. The van der Waals surface area contributed by atoms with Crippen LogP contribution in [0.3, 0.4) is 0 Å². The highest BCUT2D eigenvalue weighted by Gasteiger charge is 2.18. The van der Waals surface area contributed by atoms with E-state index in [9.17, 15) is 13.5 Å². The van der Waals surface area contributed by atoms with Gasteiger partial charge in [-0.3, -0.25) is 4.72 Å². The average molecular weight is 628 g/mol. The summed E-state index contributed by atoms with van der Waals surface area (Å²) in [5.41, 5.74) is 1.76. The van der Waals surface area contributed by atoms with Gasteiger partial charge in [0.1, 0.15) is 24.7 Å². The lowest BCUT2D eigenvalue weighted by Crippen LogP contribution is -2.29. The molecule has 222 valence electrons. The summed E-state index contributed by atoms with van der Waals surface area (Å²) in [6, 6.07) is 29.1. The zero-order valence-electron chi connectivity index (χ0n) is 23.3. The van der Waals surface area contributed by atoms with Crippen LogP contribution in [0.2, 0.25) is 0 Å². The molecule has 5 aromatic rings. The number of halogens is 1. The molecule has 1 heterocycles. The molecule has 1 unspecified atom stereocenters. The fourth-order valence-electron chi connectivity index (χ4n) is 4.32. The van der Waals surface area contributed by atoms with Gasteiger partial charge in [-0.2, -0.15) is 12.7 Å². The van der Waals surface area contributed by atoms with E-state index in [0.717, 1.165) is 15.6 Å². The molecule has 4 aromatic carbocycles. The lowest BCUT2D eigenvalue weighted by atomic mass is 10.1. The standard InChI is InChI=1S/C31H33N3O5S2.ClH/c1-34(2)41(36,37)33-27-18-23(12-15-29(27)39-21-22-8-4-3-5-9-22)28(35)20-32-16-17-38-24-13-14-26-25-10-6-7-11-30(25)40-31(26)19-24;/h3-15,18-19,28,32-33,35H,16-17,20-21H2,1-2H3;1H. The van der Waals surface area contributed by atoms with Crippen LogP contribution in [0, 0.1) is 0 Å². The Kier molecular flexibility index (Phi) is 10.7. The highest BCUT2D eigenvalue weighted by molar-refractivity contribution is 7.90. The van der Waals surface area contributed by atoms with Gasteiger partial charge in [0.05, 0.1) is 11.8 Å². The number of aliphatic hydroxyl groups is 1. The molecule has 0 bridgehead atoms. The van der Waals surface area contributed by atoms with E-state index in [2.05, 4.69) is 40.4 Å². The normalized spacial score (nSPS) is 12.3. The van der Waals surface area contributed by atoms with Crippen LogP contribution >= 0.6 is 23.7 Å². The molecule has 0 amide bonds. The van der Waals surface area contributed by atoms with Crippen LogP contribution in [0.15, 0.2) is 91.0 Å². The van der Waals surface area contributed by atoms with Gasteiger partial charge in [-0.1, -0.05) is 54.6 Å². The second-order valence-corrected chi connectivity index (χ2v) is 12.7. The molecule has 5 rings (SSSR count). The molecule has 0 saturated carbocycles. The number of hydrogen-bond acceptors (Lipinski definition) is 7. The van der Waals surface area contributed by atoms with E-state index in [-0.39, 0.29) is 31.2 Å². The number of hydrogen-bond donors (Lipinski definition) is 3. The summed E-state index contributed by atoms with van der Waals surface area (Å²) in [6.45, 7) is 1.50. The molecule has 3 N–H and O–H groups in total. The maximum Gasteiger partial charge on any atom is 0.301 e. The van der Waals surface area contributed by atoms with Crippen LogP contribution in [-0.4, -0.2) is 51.6 Å². The van der Waals surface area contributed by atoms with Crippen LogP contribution in [-0.2, 0) is 16.8 Å². The molecule has 42 heavy (non-hydrogen) atoms. The number of thiophene rings is 1. The summed E-state index contributed by atoms with van der Waals surface area (Å²) >= 11 is 1.75. The van der Waals surface area contributed by atoms with Crippen LogP contribution < -0.4 is 19.5 Å². The lowest BCUT2D eigenvalue weighted by molar-refractivity contribution is 0.172. The first-order valence-electron chi connectivity index (χ1n) is 13.2. The Labute approximate surface area is 256 Å². The average Bonchev–Trinajstić information content (AvgIpc) is 3.34. The van der Waals surface area contributed by atoms with Crippen molar-refractivity contribution < 1.29 is 23.0 Å². The summed E-state index contributed by atoms with van der Waals surface area (Å²) in [6.07, 6.45) is -0.865. The Bertz CT molecular complexity index is 1730. The van der Waals surface area contributed by atoms with Gasteiger partial charge in [0.2, 0.25) is 0 Å². The molecule has 0 radical (unpaired) electrons. The van der Waals surface area contributed by atoms with E-state index in [1.165, 1.54) is 34.3 Å². The maximum atomic E-state index is 12.6. The van der Waals surface area contributed by atoms with Crippen LogP contribution in [0.25, 0.3) is 20.2 Å². The summed E-state index contributed by atoms with van der Waals surface area (Å²) in [5, 5.41) is 16.5. The summed E-state index contributed by atoms with van der Waals surface area (Å²) in [4.78, 5) is 0. The minimum Gasteiger partial charge on any atom is -0.492 e. The largest absolute Gasteiger partial charge is 0.492 e. The third-order valence-corrected chi connectivity index (χ3v) is 9.15. The number of aliphatic hydroxyl groups excluding tert-OH is 1. The molecule has 11 heteroatoms. The van der Waals surface area contributed by atoms with Crippen molar-refractivity contribution in [2.45, 2.75) is 12.7 Å². The number of rotatable bonds is 13. The van der Waals surface area contributed by atoms with E-state index in [4.69, 9.17) is 9.47 Å². The third kappa shape index (κ3) is 7.71. The summed E-state index contributed by atoms with van der Waals surface area (Å²) < 4.78 is 43.1. The molecule has 0 spiro atoms. The van der Waals surface area contributed by atoms with E-state index in [1.54, 1.807) is 29.5 Å². The monoisotopic (exact) mass is 627 g/mol. The van der Waals surface area contributed by atoms with Gasteiger partial charge in [-0.25, -0.2) is 0 Å². The zero-order chi connectivity index (χ0) is 28.8. The Morgan fingerprint density at radius 3 is 2.40 bits per heavy atom. The second kappa shape index (κ2) is 14.2. The maximum absolute atomic E-state index is 12.6. The van der Waals surface area contributed by atoms with Gasteiger partial charge < -0.3 is 19.9 Å². The molecule has 0 fully saturated rings. The van der Waals surface area contributed by atoms with E-state index in [0.29, 0.717) is 24.5 Å². The van der Waals surface area contributed by atoms with E-state index in [1.807, 2.05) is 42.5 Å². The second-order valence-electron chi connectivity index (χ2n) is 9.74. The first kappa shape index (κ1) is 31.6. The van der Waals surface area contributed by atoms with Gasteiger partial charge >= 0.3 is 10.2 Å². The summed E-state index contributed by atoms with van der Waals surface area (Å²) in [5.74, 6) is 1.17. The number of ether oxygens (including phenoxy) is 2. The SMILES string of the molecule is CN(C)S(=O)(=O)Nc1cc(C(O)CNCCOc2ccc3c(c2)sc2ccccc23)ccc1OCc1ccccc1.Cl. The van der Waals surface area contributed by atoms with Crippen molar-refractivity contribution in [3.05, 3.63) is 102 Å². The van der Waals surface area contributed by atoms with Crippen LogP contribution in [0.5, 0.6) is 11.5 Å². The van der Waals surface area contributed by atoms with E-state index < -0.39 is 16.3 Å². The van der Waals surface area contributed by atoms with Gasteiger partial charge in [0.15, 0.2) is 0 Å². The van der Waals surface area contributed by atoms with Crippen LogP contribution in [0.4, 0.5) is 5.69 Å². The lowest BCUT2D eigenvalue weighted by Gasteiger charge is -2.19. The molecule has 0 aliphatic heterocycles. The van der Waals surface area contributed by atoms with Crippen molar-refractivity contribution >= 4 is 59.8 Å². The number of nitrogens with one attached hydrogen (secondary N) is 2. The molecule has 1 atom stereocenters. The van der Waals surface area contributed by atoms with Crippen LogP contribution in [0.1, 0.15) is 17.2 Å². The van der Waals surface area contributed by atoms with Crippen molar-refractivity contribution in [2.75, 3.05) is 38.5 Å². The first-order chi connectivity index (χ1) is 19.8. The molecule has 0 saturated heterocycles. The number of benzene rings is 4. The smallest absolute Gasteiger partial charge is 0.301 e. The molecular formula is C31H34ClN3O5S2. The molecule has 8 nitrogen and oxygen atoms in total. The predicted molar refractivity (Wildman–Crippen MR) is 173 cm³/mol. The molecular weight excluding hydrogens is 594 g/mol. The molecule has 0 aliphatic rings. The van der Waals surface area contributed by atoms with Gasteiger partial charge in [0, 0.05) is 47.4 Å². The fraction of sp³-hybridized carbons (Fsp3) is 0.226. The van der Waals surface area contributed by atoms with Crippen molar-refractivity contribution in [2.24, 2.45) is 0 Å². The highest BCUT2D eigenvalue weighted by atomic mass is 35.5. The fourth-order valence-corrected chi connectivity index (χ4v) is 6.07. The number of anilines is 1. The Morgan fingerprint density at radius 2 is 1.62 bits per heavy atom.